The minimum atomic E-state index is -0.699. The van der Waals surface area contributed by atoms with Crippen LogP contribution in [0.3, 0.4) is 0 Å². The zero-order valence-electron chi connectivity index (χ0n) is 17.3. The van der Waals surface area contributed by atoms with Crippen LogP contribution in [0.2, 0.25) is 5.02 Å². The summed E-state index contributed by atoms with van der Waals surface area (Å²) in [4.78, 5) is 36.8. The number of urea groups is 1. The Kier molecular flexibility index (Phi) is 7.76. The van der Waals surface area contributed by atoms with Crippen molar-refractivity contribution in [3.8, 4) is 11.5 Å². The SMILES string of the molecule is CCOc1cc(/C=C2/NC(=O)N(CC(=O)OC)C2=O)cc(Br)c1OCc1ccccc1Cl. The van der Waals surface area contributed by atoms with Crippen molar-refractivity contribution in [3.05, 3.63) is 62.7 Å². The molecular weight excluding hydrogens is 504 g/mol. The molecule has 168 valence electrons. The largest absolute Gasteiger partial charge is 0.490 e. The Hall–Kier alpha value is -3.04. The Labute approximate surface area is 198 Å². The van der Waals surface area contributed by atoms with E-state index < -0.39 is 24.5 Å². The number of rotatable bonds is 8. The maximum atomic E-state index is 12.5. The van der Waals surface area contributed by atoms with E-state index in [0.29, 0.717) is 33.2 Å². The second-order valence-corrected chi connectivity index (χ2v) is 7.86. The molecule has 1 N–H and O–H groups in total. The quantitative estimate of drug-likeness (QED) is 0.317. The van der Waals surface area contributed by atoms with Crippen LogP contribution < -0.4 is 14.8 Å². The zero-order valence-corrected chi connectivity index (χ0v) is 19.7. The molecule has 3 rings (SSSR count). The van der Waals surface area contributed by atoms with Crippen LogP contribution in [-0.4, -0.2) is 43.1 Å². The number of carbonyl (C=O) groups excluding carboxylic acids is 3. The molecule has 2 aromatic carbocycles. The van der Waals surface area contributed by atoms with Crippen molar-refractivity contribution in [2.45, 2.75) is 13.5 Å². The first-order chi connectivity index (χ1) is 15.3. The Morgan fingerprint density at radius 3 is 2.66 bits per heavy atom. The van der Waals surface area contributed by atoms with Gasteiger partial charge >= 0.3 is 12.0 Å². The van der Waals surface area contributed by atoms with Crippen LogP contribution in [0.5, 0.6) is 11.5 Å². The number of amides is 3. The van der Waals surface area contributed by atoms with Crippen LogP contribution in [0.1, 0.15) is 18.1 Å². The van der Waals surface area contributed by atoms with Gasteiger partial charge in [-0.3, -0.25) is 9.59 Å². The maximum Gasteiger partial charge on any atom is 0.329 e. The third-order valence-electron chi connectivity index (χ3n) is 4.45. The smallest absolute Gasteiger partial charge is 0.329 e. The molecule has 10 heteroatoms. The van der Waals surface area contributed by atoms with Gasteiger partial charge in [-0.25, -0.2) is 9.69 Å². The van der Waals surface area contributed by atoms with Gasteiger partial charge in [0.25, 0.3) is 5.91 Å². The number of methoxy groups -OCH3 is 1. The molecule has 0 spiro atoms. The predicted molar refractivity (Wildman–Crippen MR) is 121 cm³/mol. The number of ether oxygens (including phenoxy) is 3. The minimum absolute atomic E-state index is 0.0259. The van der Waals surface area contributed by atoms with Crippen LogP contribution in [0.4, 0.5) is 4.79 Å². The number of halogens is 2. The Bertz CT molecular complexity index is 1090. The van der Waals surface area contributed by atoms with Gasteiger partial charge in [0.15, 0.2) is 11.5 Å². The summed E-state index contributed by atoms with van der Waals surface area (Å²) in [6.45, 7) is 1.98. The summed E-state index contributed by atoms with van der Waals surface area (Å²) in [7, 11) is 1.18. The van der Waals surface area contributed by atoms with E-state index in [4.69, 9.17) is 21.1 Å². The second-order valence-electron chi connectivity index (χ2n) is 6.60. The first kappa shape index (κ1) is 23.6. The Morgan fingerprint density at radius 1 is 1.22 bits per heavy atom. The number of imide groups is 1. The molecule has 0 saturated carbocycles. The third kappa shape index (κ3) is 5.41. The van der Waals surface area contributed by atoms with E-state index in [9.17, 15) is 14.4 Å². The zero-order chi connectivity index (χ0) is 23.3. The number of hydrogen-bond donors (Lipinski definition) is 1. The Morgan fingerprint density at radius 2 is 1.97 bits per heavy atom. The highest BCUT2D eigenvalue weighted by atomic mass is 79.9. The normalized spacial score (nSPS) is 14.5. The van der Waals surface area contributed by atoms with E-state index in [2.05, 4.69) is 26.0 Å². The summed E-state index contributed by atoms with van der Waals surface area (Å²) in [5, 5.41) is 3.05. The number of hydrogen-bond acceptors (Lipinski definition) is 6. The van der Waals surface area contributed by atoms with E-state index in [1.54, 1.807) is 18.2 Å². The lowest BCUT2D eigenvalue weighted by Gasteiger charge is -2.15. The van der Waals surface area contributed by atoms with Gasteiger partial charge in [0.05, 0.1) is 18.2 Å². The fourth-order valence-electron chi connectivity index (χ4n) is 2.92. The highest BCUT2D eigenvalue weighted by Crippen LogP contribution is 2.38. The van der Waals surface area contributed by atoms with E-state index >= 15 is 0 Å². The summed E-state index contributed by atoms with van der Waals surface area (Å²) in [5.74, 6) is -0.406. The van der Waals surface area contributed by atoms with E-state index in [1.165, 1.54) is 13.2 Å². The molecule has 0 aromatic heterocycles. The van der Waals surface area contributed by atoms with Crippen LogP contribution in [0.15, 0.2) is 46.6 Å². The highest BCUT2D eigenvalue weighted by Gasteiger charge is 2.35. The third-order valence-corrected chi connectivity index (χ3v) is 5.41. The molecule has 0 bridgehead atoms. The molecule has 8 nitrogen and oxygen atoms in total. The van der Waals surface area contributed by atoms with Gasteiger partial charge in [0, 0.05) is 10.6 Å². The van der Waals surface area contributed by atoms with Gasteiger partial charge in [0.1, 0.15) is 18.8 Å². The standard InChI is InChI=1S/C22H20BrClN2O6/c1-3-31-18-10-13(9-17-21(28)26(22(29)25-17)11-19(27)30-2)8-15(23)20(18)32-12-14-6-4-5-7-16(14)24/h4-10H,3,11-12H2,1-2H3,(H,25,29)/b17-9+. The first-order valence-electron chi connectivity index (χ1n) is 9.58. The molecule has 1 aliphatic rings. The van der Waals surface area contributed by atoms with Gasteiger partial charge in [-0.1, -0.05) is 29.8 Å². The van der Waals surface area contributed by atoms with Crippen molar-refractivity contribution in [2.24, 2.45) is 0 Å². The first-order valence-corrected chi connectivity index (χ1v) is 10.7. The van der Waals surface area contributed by atoms with Gasteiger partial charge in [-0.05, 0) is 52.7 Å². The fourth-order valence-corrected chi connectivity index (χ4v) is 3.68. The minimum Gasteiger partial charge on any atom is -0.490 e. The van der Waals surface area contributed by atoms with Crippen LogP contribution in [0, 0.1) is 0 Å². The van der Waals surface area contributed by atoms with Crippen molar-refractivity contribution in [2.75, 3.05) is 20.3 Å². The molecule has 0 aliphatic carbocycles. The van der Waals surface area contributed by atoms with Gasteiger partial charge in [-0.2, -0.15) is 0 Å². The molecule has 1 saturated heterocycles. The average molecular weight is 524 g/mol. The van der Waals surface area contributed by atoms with Crippen LogP contribution in [0.25, 0.3) is 6.08 Å². The van der Waals surface area contributed by atoms with Gasteiger partial charge in [0.2, 0.25) is 0 Å². The fraction of sp³-hybridized carbons (Fsp3) is 0.227. The van der Waals surface area contributed by atoms with Crippen molar-refractivity contribution < 1.29 is 28.6 Å². The molecule has 1 fully saturated rings. The lowest BCUT2D eigenvalue weighted by atomic mass is 10.1. The van der Waals surface area contributed by atoms with Gasteiger partial charge in [-0.15, -0.1) is 0 Å². The molecule has 1 aliphatic heterocycles. The summed E-state index contributed by atoms with van der Waals surface area (Å²) in [6.07, 6.45) is 1.49. The number of nitrogens with one attached hydrogen (secondary N) is 1. The van der Waals surface area contributed by atoms with Crippen molar-refractivity contribution in [1.82, 2.24) is 10.2 Å². The number of nitrogens with zero attached hydrogens (tertiary/aromatic N) is 1. The summed E-state index contributed by atoms with van der Waals surface area (Å²) in [6, 6.07) is 10.1. The molecule has 3 amide bonds. The lowest BCUT2D eigenvalue weighted by Crippen LogP contribution is -2.36. The van der Waals surface area contributed by atoms with E-state index in [-0.39, 0.29) is 12.3 Å². The topological polar surface area (TPSA) is 94.2 Å². The van der Waals surface area contributed by atoms with Crippen molar-refractivity contribution in [3.63, 3.8) is 0 Å². The van der Waals surface area contributed by atoms with Crippen LogP contribution in [-0.2, 0) is 20.9 Å². The summed E-state index contributed by atoms with van der Waals surface area (Å²) >= 11 is 9.68. The average Bonchev–Trinajstić information content (AvgIpc) is 3.01. The molecule has 1 heterocycles. The summed E-state index contributed by atoms with van der Waals surface area (Å²) in [5.41, 5.74) is 1.42. The van der Waals surface area contributed by atoms with Gasteiger partial charge < -0.3 is 19.5 Å². The number of esters is 1. The van der Waals surface area contributed by atoms with E-state index in [0.717, 1.165) is 10.5 Å². The molecule has 0 unspecified atom stereocenters. The Balaban J connectivity index is 1.85. The number of carbonyl (C=O) groups is 3. The van der Waals surface area contributed by atoms with Crippen molar-refractivity contribution >= 4 is 51.5 Å². The van der Waals surface area contributed by atoms with E-state index in [1.807, 2.05) is 25.1 Å². The van der Waals surface area contributed by atoms with Crippen LogP contribution >= 0.6 is 27.5 Å². The summed E-state index contributed by atoms with van der Waals surface area (Å²) < 4.78 is 16.8. The number of benzene rings is 2. The maximum absolute atomic E-state index is 12.5. The molecule has 0 atom stereocenters. The molecule has 0 radical (unpaired) electrons. The lowest BCUT2D eigenvalue weighted by molar-refractivity contribution is -0.143. The highest BCUT2D eigenvalue weighted by molar-refractivity contribution is 9.10. The monoisotopic (exact) mass is 522 g/mol. The molecule has 32 heavy (non-hydrogen) atoms. The van der Waals surface area contributed by atoms with Crippen molar-refractivity contribution in [1.29, 1.82) is 0 Å². The molecule has 2 aromatic rings. The predicted octanol–water partition coefficient (Wildman–Crippen LogP) is 4.15. The second kappa shape index (κ2) is 10.5. The molecular formula is C22H20BrClN2O6.